The van der Waals surface area contributed by atoms with E-state index in [4.69, 9.17) is 18.0 Å². The van der Waals surface area contributed by atoms with Gasteiger partial charge in [0.1, 0.15) is 4.99 Å². The second kappa shape index (κ2) is 7.01. The first-order valence-corrected chi connectivity index (χ1v) is 7.12. The first-order chi connectivity index (χ1) is 9.65. The van der Waals surface area contributed by atoms with Gasteiger partial charge in [0, 0.05) is 17.9 Å². The molecule has 0 saturated heterocycles. The molecule has 0 aliphatic rings. The Hall–Kier alpha value is -1.94. The molecule has 3 N–H and O–H groups in total. The van der Waals surface area contributed by atoms with Crippen LogP contribution in [0.25, 0.3) is 0 Å². The molecule has 4 heteroatoms. The largest absolute Gasteiger partial charge is 0.388 e. The highest BCUT2D eigenvalue weighted by molar-refractivity contribution is 7.80. The molecule has 0 saturated carbocycles. The quantitative estimate of drug-likeness (QED) is 0.801. The summed E-state index contributed by atoms with van der Waals surface area (Å²) in [5.74, 6) is 0. The maximum absolute atomic E-state index is 5.59. The van der Waals surface area contributed by atoms with Gasteiger partial charge in [-0.1, -0.05) is 42.5 Å². The third-order valence-electron chi connectivity index (χ3n) is 3.13. The maximum atomic E-state index is 5.59. The zero-order chi connectivity index (χ0) is 14.4. The van der Waals surface area contributed by atoms with E-state index in [1.165, 1.54) is 5.56 Å². The fraction of sp³-hybridized carbons (Fsp3) is 0.250. The van der Waals surface area contributed by atoms with Crippen LogP contribution in [0, 0.1) is 0 Å². The van der Waals surface area contributed by atoms with Crippen LogP contribution in [-0.2, 0) is 6.42 Å². The van der Waals surface area contributed by atoms with Gasteiger partial charge in [0.2, 0.25) is 0 Å². The molecule has 0 spiro atoms. The topological polar surface area (TPSA) is 50.9 Å². The smallest absolute Gasteiger partial charge is 0.122 e. The van der Waals surface area contributed by atoms with Crippen molar-refractivity contribution in [2.24, 2.45) is 5.73 Å². The molecule has 1 aromatic heterocycles. The summed E-state index contributed by atoms with van der Waals surface area (Å²) >= 11 is 4.94. The van der Waals surface area contributed by atoms with E-state index in [9.17, 15) is 0 Å². The fourth-order valence-corrected chi connectivity index (χ4v) is 2.15. The second-order valence-corrected chi connectivity index (χ2v) is 5.30. The number of hydrogen-bond donors (Lipinski definition) is 2. The molecule has 1 atom stereocenters. The number of thiocarbonyl (C=S) groups is 1. The average Bonchev–Trinajstić information content (AvgIpc) is 2.46. The highest BCUT2D eigenvalue weighted by Gasteiger charge is 2.05. The summed E-state index contributed by atoms with van der Waals surface area (Å²) in [5, 5.41) is 3.45. The van der Waals surface area contributed by atoms with E-state index in [0.717, 1.165) is 18.5 Å². The molecule has 0 bridgehead atoms. The van der Waals surface area contributed by atoms with Crippen LogP contribution in [0.5, 0.6) is 0 Å². The van der Waals surface area contributed by atoms with Gasteiger partial charge in [-0.05, 0) is 37.5 Å². The molecule has 3 nitrogen and oxygen atoms in total. The minimum Gasteiger partial charge on any atom is -0.388 e. The second-order valence-electron chi connectivity index (χ2n) is 4.86. The van der Waals surface area contributed by atoms with Crippen molar-refractivity contribution in [1.29, 1.82) is 0 Å². The van der Waals surface area contributed by atoms with Gasteiger partial charge < -0.3 is 11.1 Å². The average molecular weight is 285 g/mol. The molecule has 0 fully saturated rings. The third kappa shape index (κ3) is 4.31. The number of nitrogens with two attached hydrogens (primary N) is 1. The molecular weight excluding hydrogens is 266 g/mol. The number of hydrogen-bond acceptors (Lipinski definition) is 3. The minimum absolute atomic E-state index is 0.325. The van der Waals surface area contributed by atoms with E-state index >= 15 is 0 Å². The predicted molar refractivity (Wildman–Crippen MR) is 88.0 cm³/mol. The van der Waals surface area contributed by atoms with Gasteiger partial charge in [-0.3, -0.25) is 4.98 Å². The number of nitrogens with zero attached hydrogens (tertiary/aromatic N) is 1. The van der Waals surface area contributed by atoms with Crippen LogP contribution in [0.4, 0.5) is 5.69 Å². The lowest BCUT2D eigenvalue weighted by Crippen LogP contribution is -2.17. The molecule has 1 heterocycles. The normalized spacial score (nSPS) is 11.8. The summed E-state index contributed by atoms with van der Waals surface area (Å²) in [6.07, 6.45) is 3.84. The van der Waals surface area contributed by atoms with Crippen LogP contribution >= 0.6 is 12.2 Å². The summed E-state index contributed by atoms with van der Waals surface area (Å²) in [6, 6.07) is 14.7. The van der Waals surface area contributed by atoms with E-state index in [0.29, 0.717) is 16.7 Å². The Kier molecular flexibility index (Phi) is 5.07. The van der Waals surface area contributed by atoms with Crippen molar-refractivity contribution in [1.82, 2.24) is 4.98 Å². The fourth-order valence-electron chi connectivity index (χ4n) is 2.04. The molecule has 1 unspecified atom stereocenters. The number of aryl methyl sites for hydroxylation is 1. The van der Waals surface area contributed by atoms with Crippen molar-refractivity contribution in [2.45, 2.75) is 25.8 Å². The summed E-state index contributed by atoms with van der Waals surface area (Å²) < 4.78 is 0. The number of anilines is 1. The van der Waals surface area contributed by atoms with Gasteiger partial charge in [-0.25, -0.2) is 0 Å². The molecule has 20 heavy (non-hydrogen) atoms. The van der Waals surface area contributed by atoms with Gasteiger partial charge in [0.25, 0.3) is 0 Å². The minimum atomic E-state index is 0.325. The molecule has 2 rings (SSSR count). The Balaban J connectivity index is 1.89. The summed E-state index contributed by atoms with van der Waals surface area (Å²) in [6.45, 7) is 2.17. The van der Waals surface area contributed by atoms with Gasteiger partial charge in [0.15, 0.2) is 0 Å². The molecule has 0 aliphatic heterocycles. The number of aromatic nitrogens is 1. The highest BCUT2D eigenvalue weighted by atomic mass is 32.1. The van der Waals surface area contributed by atoms with Crippen molar-refractivity contribution in [2.75, 3.05) is 5.32 Å². The van der Waals surface area contributed by atoms with E-state index < -0.39 is 0 Å². The molecular formula is C16H19N3S. The Bertz CT molecular complexity index is 569. The van der Waals surface area contributed by atoms with Crippen molar-refractivity contribution >= 4 is 22.9 Å². The summed E-state index contributed by atoms with van der Waals surface area (Å²) in [5.41, 5.74) is 8.61. The van der Waals surface area contributed by atoms with Gasteiger partial charge in [0.05, 0.1) is 5.69 Å². The maximum Gasteiger partial charge on any atom is 0.122 e. The van der Waals surface area contributed by atoms with Gasteiger partial charge >= 0.3 is 0 Å². The molecule has 1 aromatic carbocycles. The Morgan fingerprint density at radius 2 is 2.05 bits per heavy atom. The van der Waals surface area contributed by atoms with Crippen LogP contribution < -0.4 is 11.1 Å². The SMILES string of the molecule is CC(CCc1ccccc1)Nc1ccnc(C(N)=S)c1. The number of rotatable bonds is 6. The van der Waals surface area contributed by atoms with Crippen LogP contribution in [-0.4, -0.2) is 16.0 Å². The van der Waals surface area contributed by atoms with Crippen molar-refractivity contribution in [3.05, 3.63) is 59.9 Å². The van der Waals surface area contributed by atoms with Gasteiger partial charge in [-0.2, -0.15) is 0 Å². The van der Waals surface area contributed by atoms with E-state index in [2.05, 4.69) is 41.5 Å². The van der Waals surface area contributed by atoms with Crippen LogP contribution in [0.2, 0.25) is 0 Å². The van der Waals surface area contributed by atoms with Crippen LogP contribution in [0.15, 0.2) is 48.7 Å². The summed E-state index contributed by atoms with van der Waals surface area (Å²) in [4.78, 5) is 4.46. The Labute approximate surface area is 125 Å². The van der Waals surface area contributed by atoms with Crippen LogP contribution in [0.1, 0.15) is 24.6 Å². The standard InChI is InChI=1S/C16H19N3S/c1-12(7-8-13-5-3-2-4-6-13)19-14-9-10-18-15(11-14)16(17)20/h2-6,9-12H,7-8H2,1H3,(H2,17,20)(H,18,19). The first kappa shape index (κ1) is 14.5. The van der Waals surface area contributed by atoms with E-state index in [-0.39, 0.29) is 0 Å². The lowest BCUT2D eigenvalue weighted by atomic mass is 10.1. The predicted octanol–water partition coefficient (Wildman–Crippen LogP) is 3.15. The number of benzene rings is 1. The van der Waals surface area contributed by atoms with Gasteiger partial charge in [-0.15, -0.1) is 0 Å². The van der Waals surface area contributed by atoms with Crippen molar-refractivity contribution < 1.29 is 0 Å². The molecule has 0 amide bonds. The molecule has 0 aliphatic carbocycles. The van der Waals surface area contributed by atoms with E-state index in [1.54, 1.807) is 6.20 Å². The highest BCUT2D eigenvalue weighted by Crippen LogP contribution is 2.12. The van der Waals surface area contributed by atoms with E-state index in [1.807, 2.05) is 18.2 Å². The monoisotopic (exact) mass is 285 g/mol. The lowest BCUT2D eigenvalue weighted by Gasteiger charge is -2.15. The van der Waals surface area contributed by atoms with Crippen molar-refractivity contribution in [3.8, 4) is 0 Å². The number of pyridine rings is 1. The molecule has 104 valence electrons. The van der Waals surface area contributed by atoms with Crippen LogP contribution in [0.3, 0.4) is 0 Å². The Morgan fingerprint density at radius 3 is 2.75 bits per heavy atom. The zero-order valence-electron chi connectivity index (χ0n) is 11.5. The number of nitrogens with one attached hydrogen (secondary N) is 1. The van der Waals surface area contributed by atoms with Crippen molar-refractivity contribution in [3.63, 3.8) is 0 Å². The Morgan fingerprint density at radius 1 is 1.30 bits per heavy atom. The third-order valence-corrected chi connectivity index (χ3v) is 3.34. The zero-order valence-corrected chi connectivity index (χ0v) is 12.4. The molecule has 0 radical (unpaired) electrons. The lowest BCUT2D eigenvalue weighted by molar-refractivity contribution is 0.706. The summed E-state index contributed by atoms with van der Waals surface area (Å²) in [7, 11) is 0. The first-order valence-electron chi connectivity index (χ1n) is 6.71. The molecule has 2 aromatic rings.